The maximum absolute atomic E-state index is 12.9. The molecule has 136 valence electrons. The van der Waals surface area contributed by atoms with E-state index in [1.807, 2.05) is 20.8 Å². The number of nitrogens with one attached hydrogen (secondary N) is 1. The number of carbonyl (C=O) groups excluding carboxylic acids is 3. The number of hydrogen-bond acceptors (Lipinski definition) is 4. The smallest absolute Gasteiger partial charge is 0.408 e. The molecule has 3 amide bonds. The van der Waals surface area contributed by atoms with E-state index in [-0.39, 0.29) is 17.9 Å². The van der Waals surface area contributed by atoms with Crippen LogP contribution in [-0.2, 0) is 14.3 Å². The van der Waals surface area contributed by atoms with Crippen molar-refractivity contribution in [2.45, 2.75) is 84.9 Å². The van der Waals surface area contributed by atoms with Gasteiger partial charge < -0.3 is 10.1 Å². The van der Waals surface area contributed by atoms with Crippen molar-refractivity contribution in [3.8, 4) is 0 Å². The number of nitrogens with zero attached hydrogens (tertiary/aromatic N) is 1. The zero-order chi connectivity index (χ0) is 18.5. The lowest BCUT2D eigenvalue weighted by atomic mass is 10.0. The third kappa shape index (κ3) is 5.35. The topological polar surface area (TPSA) is 75.7 Å². The molecule has 0 unspecified atom stereocenters. The first-order valence-electron chi connectivity index (χ1n) is 8.65. The van der Waals surface area contributed by atoms with Crippen molar-refractivity contribution in [1.82, 2.24) is 10.2 Å². The normalized spacial score (nSPS) is 19.1. The van der Waals surface area contributed by atoms with E-state index in [1.165, 1.54) is 11.0 Å². The molecule has 6 nitrogen and oxygen atoms in total. The maximum Gasteiger partial charge on any atom is 0.408 e. The second-order valence-corrected chi connectivity index (χ2v) is 7.23. The van der Waals surface area contributed by atoms with Crippen LogP contribution in [0.4, 0.5) is 4.79 Å². The first-order chi connectivity index (χ1) is 11.1. The highest BCUT2D eigenvalue weighted by atomic mass is 16.6. The summed E-state index contributed by atoms with van der Waals surface area (Å²) in [4.78, 5) is 38.4. The van der Waals surface area contributed by atoms with Crippen LogP contribution in [0.2, 0.25) is 0 Å². The van der Waals surface area contributed by atoms with Crippen LogP contribution in [0, 0.1) is 0 Å². The van der Waals surface area contributed by atoms with Crippen LogP contribution in [0.1, 0.15) is 67.2 Å². The Kier molecular flexibility index (Phi) is 6.99. The quantitative estimate of drug-likeness (QED) is 0.807. The summed E-state index contributed by atoms with van der Waals surface area (Å²) in [6.07, 6.45) is 3.63. The van der Waals surface area contributed by atoms with E-state index in [9.17, 15) is 14.4 Å². The van der Waals surface area contributed by atoms with Crippen molar-refractivity contribution in [2.75, 3.05) is 0 Å². The molecule has 1 N–H and O–H groups in total. The lowest BCUT2D eigenvalue weighted by Gasteiger charge is -2.29. The number of alkyl carbamates (subject to hydrolysis) is 1. The van der Waals surface area contributed by atoms with Gasteiger partial charge in [0.15, 0.2) is 0 Å². The SMILES string of the molecule is CCC[C@@H](NC(=O)OC(C)(C)C)C(=O)N1C(=O)C=C(C)[C@@H]1CCC. The molecular formula is C18H30N2O4. The molecule has 1 aliphatic heterocycles. The summed E-state index contributed by atoms with van der Waals surface area (Å²) < 4.78 is 5.23. The Balaban J connectivity index is 2.89. The summed E-state index contributed by atoms with van der Waals surface area (Å²) in [7, 11) is 0. The largest absolute Gasteiger partial charge is 0.444 e. The van der Waals surface area contributed by atoms with E-state index in [2.05, 4.69) is 5.32 Å². The molecule has 0 radical (unpaired) electrons. The average molecular weight is 338 g/mol. The molecule has 1 aliphatic rings. The highest BCUT2D eigenvalue weighted by molar-refractivity contribution is 6.06. The van der Waals surface area contributed by atoms with Gasteiger partial charge in [-0.1, -0.05) is 26.7 Å². The highest BCUT2D eigenvalue weighted by Gasteiger charge is 2.38. The standard InChI is InChI=1S/C18H30N2O4/c1-7-9-13(19-17(23)24-18(4,5)6)16(22)20-14(10-8-2)12(3)11-15(20)21/h11,13-14H,7-10H2,1-6H3,(H,19,23)/t13-,14+/m1/s1. The molecule has 6 heteroatoms. The molecule has 0 saturated carbocycles. The molecule has 0 aromatic rings. The van der Waals surface area contributed by atoms with E-state index in [0.717, 1.165) is 18.4 Å². The van der Waals surface area contributed by atoms with Gasteiger partial charge in [-0.3, -0.25) is 14.5 Å². The molecule has 2 atom stereocenters. The summed E-state index contributed by atoms with van der Waals surface area (Å²) in [5, 5.41) is 2.62. The average Bonchev–Trinajstić information content (AvgIpc) is 2.70. The molecular weight excluding hydrogens is 308 g/mol. The van der Waals surface area contributed by atoms with E-state index in [0.29, 0.717) is 12.8 Å². The van der Waals surface area contributed by atoms with Gasteiger partial charge in [0, 0.05) is 6.08 Å². The fourth-order valence-electron chi connectivity index (χ4n) is 2.77. The molecule has 0 fully saturated rings. The van der Waals surface area contributed by atoms with Gasteiger partial charge in [0.05, 0.1) is 6.04 Å². The fourth-order valence-corrected chi connectivity index (χ4v) is 2.77. The predicted molar refractivity (Wildman–Crippen MR) is 92.4 cm³/mol. The first-order valence-corrected chi connectivity index (χ1v) is 8.65. The van der Waals surface area contributed by atoms with Crippen molar-refractivity contribution in [3.63, 3.8) is 0 Å². The Morgan fingerprint density at radius 1 is 1.29 bits per heavy atom. The number of carbonyl (C=O) groups is 3. The Bertz CT molecular complexity index is 520. The molecule has 1 rings (SSSR count). The molecule has 0 spiro atoms. The highest BCUT2D eigenvalue weighted by Crippen LogP contribution is 2.24. The molecule has 24 heavy (non-hydrogen) atoms. The second kappa shape index (κ2) is 8.31. The molecule has 1 heterocycles. The van der Waals surface area contributed by atoms with Crippen molar-refractivity contribution >= 4 is 17.9 Å². The summed E-state index contributed by atoms with van der Waals surface area (Å²) in [6.45, 7) is 11.1. The second-order valence-electron chi connectivity index (χ2n) is 7.23. The first kappa shape index (κ1) is 20.2. The van der Waals surface area contributed by atoms with Crippen LogP contribution in [0.3, 0.4) is 0 Å². The number of imide groups is 1. The predicted octanol–water partition coefficient (Wildman–Crippen LogP) is 3.16. The molecule has 0 bridgehead atoms. The van der Waals surface area contributed by atoms with E-state index in [4.69, 9.17) is 4.74 Å². The number of amides is 3. The van der Waals surface area contributed by atoms with Gasteiger partial charge in [-0.15, -0.1) is 0 Å². The maximum atomic E-state index is 12.9. The lowest BCUT2D eigenvalue weighted by molar-refractivity contribution is -0.144. The van der Waals surface area contributed by atoms with Crippen molar-refractivity contribution in [1.29, 1.82) is 0 Å². The summed E-state index contributed by atoms with van der Waals surface area (Å²) in [5.74, 6) is -0.665. The van der Waals surface area contributed by atoms with Gasteiger partial charge in [-0.25, -0.2) is 4.79 Å². The Labute approximate surface area is 144 Å². The third-order valence-corrected chi connectivity index (χ3v) is 3.79. The summed E-state index contributed by atoms with van der Waals surface area (Å²) in [5.41, 5.74) is 0.249. The van der Waals surface area contributed by atoms with Crippen molar-refractivity contribution < 1.29 is 19.1 Å². The molecule has 0 aromatic carbocycles. The van der Waals surface area contributed by atoms with Gasteiger partial charge in [-0.2, -0.15) is 0 Å². The van der Waals surface area contributed by atoms with Gasteiger partial charge >= 0.3 is 6.09 Å². The van der Waals surface area contributed by atoms with Crippen LogP contribution < -0.4 is 5.32 Å². The Morgan fingerprint density at radius 3 is 2.42 bits per heavy atom. The van der Waals surface area contributed by atoms with E-state index >= 15 is 0 Å². The van der Waals surface area contributed by atoms with Crippen LogP contribution >= 0.6 is 0 Å². The minimum absolute atomic E-state index is 0.213. The van der Waals surface area contributed by atoms with Crippen LogP contribution in [-0.4, -0.2) is 40.5 Å². The van der Waals surface area contributed by atoms with Crippen LogP contribution in [0.5, 0.6) is 0 Å². The molecule has 0 aliphatic carbocycles. The summed E-state index contributed by atoms with van der Waals surface area (Å²) >= 11 is 0. The Morgan fingerprint density at radius 2 is 1.92 bits per heavy atom. The van der Waals surface area contributed by atoms with Crippen molar-refractivity contribution in [2.24, 2.45) is 0 Å². The van der Waals surface area contributed by atoms with E-state index < -0.39 is 17.7 Å². The van der Waals surface area contributed by atoms with Crippen molar-refractivity contribution in [3.05, 3.63) is 11.6 Å². The van der Waals surface area contributed by atoms with Crippen LogP contribution in [0.15, 0.2) is 11.6 Å². The Hall–Kier alpha value is -1.85. The zero-order valence-corrected chi connectivity index (χ0v) is 15.6. The van der Waals surface area contributed by atoms with Gasteiger partial charge in [0.1, 0.15) is 11.6 Å². The number of rotatable bonds is 6. The van der Waals surface area contributed by atoms with Gasteiger partial charge in [0.2, 0.25) is 0 Å². The molecule has 0 saturated heterocycles. The number of hydrogen-bond donors (Lipinski definition) is 1. The monoisotopic (exact) mass is 338 g/mol. The molecule has 0 aromatic heterocycles. The zero-order valence-electron chi connectivity index (χ0n) is 15.6. The van der Waals surface area contributed by atoms with Crippen LogP contribution in [0.25, 0.3) is 0 Å². The minimum atomic E-state index is -0.757. The van der Waals surface area contributed by atoms with Gasteiger partial charge in [0.25, 0.3) is 11.8 Å². The fraction of sp³-hybridized carbons (Fsp3) is 0.722. The minimum Gasteiger partial charge on any atom is -0.444 e. The summed E-state index contributed by atoms with van der Waals surface area (Å²) in [6, 6.07) is -0.970. The lowest BCUT2D eigenvalue weighted by Crippen LogP contribution is -2.52. The van der Waals surface area contributed by atoms with E-state index in [1.54, 1.807) is 20.8 Å². The third-order valence-electron chi connectivity index (χ3n) is 3.79. The van der Waals surface area contributed by atoms with Gasteiger partial charge in [-0.05, 0) is 46.1 Å². The number of ether oxygens (including phenoxy) is 1.